The van der Waals surface area contributed by atoms with Gasteiger partial charge in [0.1, 0.15) is 11.4 Å². The third kappa shape index (κ3) is 4.05. The molecule has 1 saturated heterocycles. The molecular formula is C16H24N6O2S. The Morgan fingerprint density at radius 2 is 1.92 bits per heavy atom. The number of aromatic amines is 1. The summed E-state index contributed by atoms with van der Waals surface area (Å²) in [4.78, 5) is 8.95. The van der Waals surface area contributed by atoms with E-state index < -0.39 is 10.2 Å². The number of rotatable bonds is 5. The van der Waals surface area contributed by atoms with Gasteiger partial charge in [-0.2, -0.15) is 22.1 Å². The Bertz CT molecular complexity index is 807. The van der Waals surface area contributed by atoms with Crippen LogP contribution < -0.4 is 0 Å². The molecule has 8 nitrogen and oxygen atoms in total. The van der Waals surface area contributed by atoms with Gasteiger partial charge in [0.05, 0.1) is 11.9 Å². The monoisotopic (exact) mass is 364 g/mol. The van der Waals surface area contributed by atoms with Crippen LogP contribution in [0.1, 0.15) is 24.2 Å². The first kappa shape index (κ1) is 18.0. The van der Waals surface area contributed by atoms with Crippen LogP contribution >= 0.6 is 0 Å². The fraction of sp³-hybridized carbons (Fsp3) is 0.562. The zero-order valence-electron chi connectivity index (χ0n) is 14.8. The molecule has 0 unspecified atom stereocenters. The van der Waals surface area contributed by atoms with Crippen LogP contribution in [0.5, 0.6) is 0 Å². The van der Waals surface area contributed by atoms with Crippen molar-refractivity contribution in [2.45, 2.75) is 26.2 Å². The first-order valence-electron chi connectivity index (χ1n) is 8.37. The summed E-state index contributed by atoms with van der Waals surface area (Å²) in [5, 5.41) is 7.08. The van der Waals surface area contributed by atoms with E-state index in [0.29, 0.717) is 19.0 Å². The van der Waals surface area contributed by atoms with E-state index in [2.05, 4.69) is 20.2 Å². The maximum Gasteiger partial charge on any atom is 0.281 e. The lowest BCUT2D eigenvalue weighted by atomic mass is 9.93. The molecule has 1 aliphatic rings. The van der Waals surface area contributed by atoms with Crippen molar-refractivity contribution >= 4 is 10.2 Å². The van der Waals surface area contributed by atoms with Gasteiger partial charge in [0, 0.05) is 39.1 Å². The standard InChI is InChI=1S/C16H24N6O2S/c1-12-8-15(20-19-12)16-11-17-14(10-18-16)9-13-4-6-22(7-5-13)25(23,24)21(2)3/h8,10-11,13H,4-7,9H2,1-3H3,(H,19,20). The third-order valence-electron chi connectivity index (χ3n) is 4.53. The van der Waals surface area contributed by atoms with E-state index in [1.54, 1.807) is 30.8 Å². The second-order valence-corrected chi connectivity index (χ2v) is 8.81. The molecule has 136 valence electrons. The maximum absolute atomic E-state index is 12.1. The van der Waals surface area contributed by atoms with Crippen LogP contribution in [-0.4, -0.2) is 64.4 Å². The molecule has 3 rings (SSSR count). The van der Waals surface area contributed by atoms with Gasteiger partial charge in [0.2, 0.25) is 0 Å². The van der Waals surface area contributed by atoms with Gasteiger partial charge in [-0.05, 0) is 38.2 Å². The van der Waals surface area contributed by atoms with Crippen molar-refractivity contribution in [1.29, 1.82) is 0 Å². The second kappa shape index (κ2) is 7.19. The second-order valence-electron chi connectivity index (χ2n) is 6.67. The highest BCUT2D eigenvalue weighted by Gasteiger charge is 2.29. The molecule has 0 spiro atoms. The SMILES string of the molecule is Cc1cc(-c2cnc(CC3CCN(S(=O)(=O)N(C)C)CC3)cn2)n[nH]1. The fourth-order valence-corrected chi connectivity index (χ4v) is 4.15. The lowest BCUT2D eigenvalue weighted by Gasteiger charge is -2.32. The molecule has 9 heteroatoms. The number of piperidine rings is 1. The van der Waals surface area contributed by atoms with Crippen molar-refractivity contribution < 1.29 is 8.42 Å². The van der Waals surface area contributed by atoms with Gasteiger partial charge in [0.25, 0.3) is 10.2 Å². The summed E-state index contributed by atoms with van der Waals surface area (Å²) < 4.78 is 27.1. The Kier molecular flexibility index (Phi) is 5.16. The molecule has 0 bridgehead atoms. The average molecular weight is 364 g/mol. The lowest BCUT2D eigenvalue weighted by Crippen LogP contribution is -2.44. The predicted octanol–water partition coefficient (Wildman–Crippen LogP) is 1.24. The molecular weight excluding hydrogens is 340 g/mol. The van der Waals surface area contributed by atoms with Crippen LogP contribution in [0.25, 0.3) is 11.4 Å². The highest BCUT2D eigenvalue weighted by Crippen LogP contribution is 2.23. The first-order chi connectivity index (χ1) is 11.9. The van der Waals surface area contributed by atoms with Crippen molar-refractivity contribution in [3.63, 3.8) is 0 Å². The average Bonchev–Trinajstić information content (AvgIpc) is 3.02. The largest absolute Gasteiger partial charge is 0.282 e. The summed E-state index contributed by atoms with van der Waals surface area (Å²) in [7, 11) is -0.164. The number of aromatic nitrogens is 4. The lowest BCUT2D eigenvalue weighted by molar-refractivity contribution is 0.261. The highest BCUT2D eigenvalue weighted by molar-refractivity contribution is 7.86. The van der Waals surface area contributed by atoms with E-state index in [0.717, 1.165) is 42.0 Å². The molecule has 0 atom stereocenters. The van der Waals surface area contributed by atoms with Gasteiger partial charge in [0.15, 0.2) is 0 Å². The number of hydrogen-bond donors (Lipinski definition) is 1. The van der Waals surface area contributed by atoms with Crippen molar-refractivity contribution in [1.82, 2.24) is 28.8 Å². The molecule has 0 amide bonds. The van der Waals surface area contributed by atoms with Crippen LogP contribution in [0.3, 0.4) is 0 Å². The van der Waals surface area contributed by atoms with Gasteiger partial charge < -0.3 is 0 Å². The molecule has 0 aliphatic carbocycles. The Morgan fingerprint density at radius 1 is 1.20 bits per heavy atom. The summed E-state index contributed by atoms with van der Waals surface area (Å²) in [5.74, 6) is 0.432. The van der Waals surface area contributed by atoms with Crippen molar-refractivity contribution in [3.8, 4) is 11.4 Å². The third-order valence-corrected chi connectivity index (χ3v) is 6.47. The van der Waals surface area contributed by atoms with E-state index in [9.17, 15) is 8.42 Å². The van der Waals surface area contributed by atoms with E-state index in [1.807, 2.05) is 13.0 Å². The van der Waals surface area contributed by atoms with Crippen LogP contribution in [0.4, 0.5) is 0 Å². The summed E-state index contributed by atoms with van der Waals surface area (Å²) >= 11 is 0. The zero-order chi connectivity index (χ0) is 18.0. The van der Waals surface area contributed by atoms with Gasteiger partial charge in [-0.15, -0.1) is 0 Å². The number of aryl methyl sites for hydroxylation is 1. The van der Waals surface area contributed by atoms with Gasteiger partial charge in [-0.1, -0.05) is 0 Å². The van der Waals surface area contributed by atoms with E-state index >= 15 is 0 Å². The van der Waals surface area contributed by atoms with E-state index in [4.69, 9.17) is 0 Å². The van der Waals surface area contributed by atoms with Crippen LogP contribution in [-0.2, 0) is 16.6 Å². The summed E-state index contributed by atoms with van der Waals surface area (Å²) in [6, 6.07) is 1.94. The topological polar surface area (TPSA) is 95.1 Å². The Morgan fingerprint density at radius 3 is 2.44 bits per heavy atom. The van der Waals surface area contributed by atoms with E-state index in [1.165, 1.54) is 4.31 Å². The van der Waals surface area contributed by atoms with Gasteiger partial charge in [-0.25, -0.2) is 0 Å². The molecule has 0 radical (unpaired) electrons. The van der Waals surface area contributed by atoms with E-state index in [-0.39, 0.29) is 0 Å². The summed E-state index contributed by atoms with van der Waals surface area (Å²) in [6.07, 6.45) is 6.05. The summed E-state index contributed by atoms with van der Waals surface area (Å²) in [5.41, 5.74) is 3.46. The number of H-pyrrole nitrogens is 1. The highest BCUT2D eigenvalue weighted by atomic mass is 32.2. The van der Waals surface area contributed by atoms with Crippen molar-refractivity contribution in [2.24, 2.45) is 5.92 Å². The molecule has 1 N–H and O–H groups in total. The minimum absolute atomic E-state index is 0.432. The van der Waals surface area contributed by atoms with Crippen LogP contribution in [0.15, 0.2) is 18.5 Å². The quantitative estimate of drug-likeness (QED) is 0.861. The molecule has 1 fully saturated rings. The van der Waals surface area contributed by atoms with Crippen LogP contribution in [0.2, 0.25) is 0 Å². The Balaban J connectivity index is 1.57. The molecule has 2 aromatic heterocycles. The zero-order valence-corrected chi connectivity index (χ0v) is 15.6. The minimum Gasteiger partial charge on any atom is -0.282 e. The Labute approximate surface area is 148 Å². The maximum atomic E-state index is 12.1. The number of nitrogens with zero attached hydrogens (tertiary/aromatic N) is 5. The summed E-state index contributed by atoms with van der Waals surface area (Å²) in [6.45, 7) is 3.06. The minimum atomic E-state index is -3.30. The fourth-order valence-electron chi connectivity index (χ4n) is 3.01. The smallest absolute Gasteiger partial charge is 0.281 e. The molecule has 1 aliphatic heterocycles. The molecule has 25 heavy (non-hydrogen) atoms. The normalized spacial score (nSPS) is 17.3. The predicted molar refractivity (Wildman–Crippen MR) is 95.0 cm³/mol. The number of nitrogens with one attached hydrogen (secondary N) is 1. The molecule has 0 aromatic carbocycles. The van der Waals surface area contributed by atoms with Crippen LogP contribution in [0, 0.1) is 12.8 Å². The molecule has 3 heterocycles. The molecule has 2 aromatic rings. The molecule has 0 saturated carbocycles. The van der Waals surface area contributed by atoms with Crippen molar-refractivity contribution in [3.05, 3.63) is 29.8 Å². The number of hydrogen-bond acceptors (Lipinski definition) is 5. The van der Waals surface area contributed by atoms with Gasteiger partial charge >= 0.3 is 0 Å². The Hall–Kier alpha value is -1.84. The first-order valence-corrected chi connectivity index (χ1v) is 9.77. The van der Waals surface area contributed by atoms with Gasteiger partial charge in [-0.3, -0.25) is 15.1 Å². The van der Waals surface area contributed by atoms with Crippen molar-refractivity contribution in [2.75, 3.05) is 27.2 Å².